The molecule has 1 aromatic rings. The smallest absolute Gasteiger partial charge is 0.119 e. The Bertz CT molecular complexity index is 281. The molecule has 1 aromatic carbocycles. The molecule has 0 saturated carbocycles. The molecule has 0 bridgehead atoms. The molecule has 0 radical (unpaired) electrons. The molecule has 0 heterocycles. The summed E-state index contributed by atoms with van der Waals surface area (Å²) >= 11 is 0. The molecule has 0 aliphatic carbocycles. The number of nitrogens with zero attached hydrogens (tertiary/aromatic N) is 1. The second kappa shape index (κ2) is 11.1. The first-order chi connectivity index (χ1) is 8.80. The van der Waals surface area contributed by atoms with E-state index in [-0.39, 0.29) is 0 Å². The van der Waals surface area contributed by atoms with Gasteiger partial charge in [-0.25, -0.2) is 0 Å². The van der Waals surface area contributed by atoms with Gasteiger partial charge in [0.1, 0.15) is 12.4 Å². The van der Waals surface area contributed by atoms with Gasteiger partial charge in [-0.1, -0.05) is 39.8 Å². The van der Waals surface area contributed by atoms with E-state index in [2.05, 4.69) is 18.7 Å². The van der Waals surface area contributed by atoms with E-state index in [0.717, 1.165) is 37.6 Å². The molecule has 0 aliphatic rings. The summed E-state index contributed by atoms with van der Waals surface area (Å²) in [5, 5.41) is 0. The minimum absolute atomic E-state index is 0.583. The summed E-state index contributed by atoms with van der Waals surface area (Å²) in [5.74, 6) is 0.921. The molecule has 0 spiro atoms. The van der Waals surface area contributed by atoms with Gasteiger partial charge in [0.05, 0.1) is 0 Å². The third-order valence-electron chi connectivity index (χ3n) is 2.73. The van der Waals surface area contributed by atoms with Gasteiger partial charge >= 0.3 is 0 Å². The molecule has 0 amide bonds. The van der Waals surface area contributed by atoms with Gasteiger partial charge in [0.2, 0.25) is 0 Å². The van der Waals surface area contributed by atoms with E-state index in [1.54, 1.807) is 0 Å². The second-order valence-corrected chi connectivity index (χ2v) is 3.72. The number of nitrogens with two attached hydrogens (primary N) is 1. The van der Waals surface area contributed by atoms with Gasteiger partial charge in [-0.3, -0.25) is 0 Å². The van der Waals surface area contributed by atoms with Gasteiger partial charge in [0.25, 0.3) is 0 Å². The van der Waals surface area contributed by atoms with Gasteiger partial charge in [0, 0.05) is 13.1 Å². The maximum absolute atomic E-state index is 5.66. The van der Waals surface area contributed by atoms with Crippen LogP contribution in [0.25, 0.3) is 0 Å². The minimum Gasteiger partial charge on any atom is -0.492 e. The van der Waals surface area contributed by atoms with Gasteiger partial charge in [0.15, 0.2) is 0 Å². The average molecular weight is 252 g/mol. The van der Waals surface area contributed by atoms with Crippen molar-refractivity contribution >= 4 is 0 Å². The normalized spacial score (nSPS) is 9.89. The van der Waals surface area contributed by atoms with E-state index < -0.39 is 0 Å². The lowest BCUT2D eigenvalue weighted by atomic mass is 10.2. The van der Waals surface area contributed by atoms with Crippen molar-refractivity contribution in [2.24, 2.45) is 5.73 Å². The van der Waals surface area contributed by atoms with Crippen molar-refractivity contribution in [2.75, 3.05) is 26.2 Å². The van der Waals surface area contributed by atoms with Crippen LogP contribution in [0.4, 0.5) is 0 Å². The van der Waals surface area contributed by atoms with Crippen LogP contribution in [0.5, 0.6) is 5.75 Å². The number of ether oxygens (including phenoxy) is 1. The Kier molecular flexibility index (Phi) is 10.4. The van der Waals surface area contributed by atoms with Gasteiger partial charge < -0.3 is 15.4 Å². The van der Waals surface area contributed by atoms with Crippen LogP contribution < -0.4 is 10.5 Å². The van der Waals surface area contributed by atoms with Crippen molar-refractivity contribution in [3.05, 3.63) is 29.8 Å². The fourth-order valence-electron chi connectivity index (χ4n) is 1.55. The Labute approximate surface area is 112 Å². The van der Waals surface area contributed by atoms with Crippen LogP contribution in [0, 0.1) is 0 Å². The maximum atomic E-state index is 5.66. The monoisotopic (exact) mass is 252 g/mol. The molecular formula is C15H28N2O. The van der Waals surface area contributed by atoms with Crippen molar-refractivity contribution in [3.63, 3.8) is 0 Å². The second-order valence-electron chi connectivity index (χ2n) is 3.72. The standard InChI is InChI=1S/C13H22N2O.C2H6/c1-3-15(4-2)9-10-16-13-7-5-12(11-14)6-8-13;1-2/h5-8H,3-4,9-11,14H2,1-2H3;1-2H3. The number of hydrogen-bond donors (Lipinski definition) is 1. The van der Waals surface area contributed by atoms with Crippen LogP contribution in [-0.2, 0) is 6.54 Å². The van der Waals surface area contributed by atoms with Crippen LogP contribution >= 0.6 is 0 Å². The van der Waals surface area contributed by atoms with Crippen molar-refractivity contribution in [1.29, 1.82) is 0 Å². The Balaban J connectivity index is 0.00000137. The Morgan fingerprint density at radius 3 is 2.06 bits per heavy atom. The topological polar surface area (TPSA) is 38.5 Å². The molecule has 0 atom stereocenters. The Morgan fingerprint density at radius 2 is 1.61 bits per heavy atom. The van der Waals surface area contributed by atoms with E-state index in [9.17, 15) is 0 Å². The van der Waals surface area contributed by atoms with Gasteiger partial charge in [-0.2, -0.15) is 0 Å². The predicted octanol–water partition coefficient (Wildman–Crippen LogP) is 2.89. The fraction of sp³-hybridized carbons (Fsp3) is 0.600. The number of likely N-dealkylation sites (N-methyl/N-ethyl adjacent to an activating group) is 1. The fourth-order valence-corrected chi connectivity index (χ4v) is 1.55. The average Bonchev–Trinajstić information content (AvgIpc) is 2.46. The molecule has 0 saturated heterocycles. The highest BCUT2D eigenvalue weighted by atomic mass is 16.5. The molecule has 0 aliphatic heterocycles. The molecule has 0 unspecified atom stereocenters. The van der Waals surface area contributed by atoms with Crippen LogP contribution in [-0.4, -0.2) is 31.1 Å². The summed E-state index contributed by atoms with van der Waals surface area (Å²) in [4.78, 5) is 2.34. The van der Waals surface area contributed by atoms with Crippen LogP contribution in [0.1, 0.15) is 33.3 Å². The maximum Gasteiger partial charge on any atom is 0.119 e. The van der Waals surface area contributed by atoms with E-state index >= 15 is 0 Å². The highest BCUT2D eigenvalue weighted by molar-refractivity contribution is 5.27. The lowest BCUT2D eigenvalue weighted by Gasteiger charge is -2.18. The molecule has 104 valence electrons. The molecular weight excluding hydrogens is 224 g/mol. The van der Waals surface area contributed by atoms with Crippen LogP contribution in [0.3, 0.4) is 0 Å². The third kappa shape index (κ3) is 6.62. The first-order valence-corrected chi connectivity index (χ1v) is 6.94. The van der Waals surface area contributed by atoms with Gasteiger partial charge in [-0.05, 0) is 30.8 Å². The Morgan fingerprint density at radius 1 is 1.06 bits per heavy atom. The van der Waals surface area contributed by atoms with E-state index in [4.69, 9.17) is 10.5 Å². The van der Waals surface area contributed by atoms with E-state index in [1.807, 2.05) is 38.1 Å². The SMILES string of the molecule is CC.CCN(CC)CCOc1ccc(CN)cc1. The van der Waals surface area contributed by atoms with Gasteiger partial charge in [-0.15, -0.1) is 0 Å². The van der Waals surface area contributed by atoms with Crippen molar-refractivity contribution in [3.8, 4) is 5.75 Å². The third-order valence-corrected chi connectivity index (χ3v) is 2.73. The van der Waals surface area contributed by atoms with Crippen molar-refractivity contribution in [2.45, 2.75) is 34.2 Å². The first-order valence-electron chi connectivity index (χ1n) is 6.94. The largest absolute Gasteiger partial charge is 0.492 e. The zero-order valence-electron chi connectivity index (χ0n) is 12.3. The molecule has 18 heavy (non-hydrogen) atoms. The number of hydrogen-bond acceptors (Lipinski definition) is 3. The highest BCUT2D eigenvalue weighted by Crippen LogP contribution is 2.11. The van der Waals surface area contributed by atoms with E-state index in [1.165, 1.54) is 0 Å². The molecule has 2 N–H and O–H groups in total. The summed E-state index contributed by atoms with van der Waals surface area (Å²) in [5.41, 5.74) is 6.66. The first kappa shape index (κ1) is 16.9. The number of rotatable bonds is 7. The van der Waals surface area contributed by atoms with Crippen molar-refractivity contribution in [1.82, 2.24) is 4.90 Å². The summed E-state index contributed by atoms with van der Waals surface area (Å²) in [6.07, 6.45) is 0. The number of benzene rings is 1. The summed E-state index contributed by atoms with van der Waals surface area (Å²) in [6, 6.07) is 7.97. The predicted molar refractivity (Wildman–Crippen MR) is 79.0 cm³/mol. The zero-order chi connectivity index (χ0) is 13.8. The molecule has 0 aromatic heterocycles. The van der Waals surface area contributed by atoms with E-state index in [0.29, 0.717) is 6.54 Å². The summed E-state index contributed by atoms with van der Waals surface area (Å²) in [7, 11) is 0. The zero-order valence-corrected chi connectivity index (χ0v) is 12.3. The lowest BCUT2D eigenvalue weighted by molar-refractivity contribution is 0.223. The molecule has 0 fully saturated rings. The van der Waals surface area contributed by atoms with Crippen LogP contribution in [0.15, 0.2) is 24.3 Å². The summed E-state index contributed by atoms with van der Waals surface area (Å²) in [6.45, 7) is 12.8. The lowest BCUT2D eigenvalue weighted by Crippen LogP contribution is -2.27. The highest BCUT2D eigenvalue weighted by Gasteiger charge is 1.99. The van der Waals surface area contributed by atoms with Crippen LogP contribution in [0.2, 0.25) is 0 Å². The molecule has 3 heteroatoms. The quantitative estimate of drug-likeness (QED) is 0.811. The molecule has 3 nitrogen and oxygen atoms in total. The van der Waals surface area contributed by atoms with Crippen molar-refractivity contribution < 1.29 is 4.74 Å². The minimum atomic E-state index is 0.583. The molecule has 1 rings (SSSR count). The summed E-state index contributed by atoms with van der Waals surface area (Å²) < 4.78 is 5.66. The Hall–Kier alpha value is -1.06.